The molecule has 0 atom stereocenters. The molecule has 3 N–H and O–H groups in total. The van der Waals surface area contributed by atoms with Crippen LogP contribution in [0.5, 0.6) is 0 Å². The Balaban J connectivity index is 2.20. The molecule has 0 unspecified atom stereocenters. The topological polar surface area (TPSA) is 98.7 Å². The van der Waals surface area contributed by atoms with E-state index in [0.717, 1.165) is 12.8 Å². The first-order valence-corrected chi connectivity index (χ1v) is 6.00. The minimum Gasteiger partial charge on any atom is -0.480 e. The van der Waals surface area contributed by atoms with Crippen LogP contribution in [0.4, 0.5) is 4.79 Å². The fourth-order valence-corrected chi connectivity index (χ4v) is 1.72. The lowest BCUT2D eigenvalue weighted by Crippen LogP contribution is -2.47. The number of carbonyl (C=O) groups is 3. The number of amides is 3. The summed E-state index contributed by atoms with van der Waals surface area (Å²) in [5, 5.41) is 13.0. The number of likely N-dealkylation sites (tertiary alicyclic amines) is 1. The lowest BCUT2D eigenvalue weighted by atomic mass is 10.00. The molecule has 18 heavy (non-hydrogen) atoms. The van der Waals surface area contributed by atoms with Gasteiger partial charge in [0.25, 0.3) is 0 Å². The van der Waals surface area contributed by atoms with Gasteiger partial charge in [0, 0.05) is 13.1 Å². The van der Waals surface area contributed by atoms with Crippen LogP contribution in [0, 0.1) is 5.92 Å². The first-order valence-electron chi connectivity index (χ1n) is 6.00. The first kappa shape index (κ1) is 14.3. The molecule has 1 rings (SSSR count). The predicted octanol–water partition coefficient (Wildman–Crippen LogP) is -0.371. The van der Waals surface area contributed by atoms with E-state index in [0.29, 0.717) is 19.0 Å². The molecule has 1 fully saturated rings. The van der Waals surface area contributed by atoms with Crippen LogP contribution >= 0.6 is 0 Å². The van der Waals surface area contributed by atoms with Crippen molar-refractivity contribution < 1.29 is 19.5 Å². The molecule has 3 amide bonds. The fraction of sp³-hybridized carbons (Fsp3) is 0.727. The SMILES string of the molecule is CC1CCN(C(=O)NCC(=O)NCC(=O)O)CC1. The molecule has 0 radical (unpaired) electrons. The molecule has 0 saturated carbocycles. The van der Waals surface area contributed by atoms with Crippen LogP contribution in [0.15, 0.2) is 0 Å². The molecule has 7 heteroatoms. The summed E-state index contributed by atoms with van der Waals surface area (Å²) >= 11 is 0. The Morgan fingerprint density at radius 3 is 2.33 bits per heavy atom. The van der Waals surface area contributed by atoms with Crippen LogP contribution in [0.2, 0.25) is 0 Å². The maximum absolute atomic E-state index is 11.7. The largest absolute Gasteiger partial charge is 0.480 e. The van der Waals surface area contributed by atoms with Crippen LogP contribution in [0.25, 0.3) is 0 Å². The fourth-order valence-electron chi connectivity index (χ4n) is 1.72. The van der Waals surface area contributed by atoms with Crippen molar-refractivity contribution in [1.82, 2.24) is 15.5 Å². The number of urea groups is 1. The van der Waals surface area contributed by atoms with E-state index in [1.54, 1.807) is 4.90 Å². The van der Waals surface area contributed by atoms with Crippen molar-refractivity contribution in [1.29, 1.82) is 0 Å². The zero-order valence-electron chi connectivity index (χ0n) is 10.4. The number of nitrogens with zero attached hydrogens (tertiary/aromatic N) is 1. The molecule has 1 aliphatic rings. The Hall–Kier alpha value is -1.79. The molecule has 1 heterocycles. The Bertz CT molecular complexity index is 324. The van der Waals surface area contributed by atoms with Gasteiger partial charge in [-0.15, -0.1) is 0 Å². The zero-order valence-corrected chi connectivity index (χ0v) is 10.4. The van der Waals surface area contributed by atoms with Gasteiger partial charge < -0.3 is 20.6 Å². The van der Waals surface area contributed by atoms with Crippen LogP contribution in [-0.4, -0.2) is 54.1 Å². The third-order valence-corrected chi connectivity index (χ3v) is 2.91. The van der Waals surface area contributed by atoms with E-state index >= 15 is 0 Å². The zero-order chi connectivity index (χ0) is 13.5. The number of piperidine rings is 1. The number of carbonyl (C=O) groups excluding carboxylic acids is 2. The Morgan fingerprint density at radius 2 is 1.78 bits per heavy atom. The number of hydrogen-bond acceptors (Lipinski definition) is 3. The van der Waals surface area contributed by atoms with Crippen molar-refractivity contribution in [2.45, 2.75) is 19.8 Å². The summed E-state index contributed by atoms with van der Waals surface area (Å²) < 4.78 is 0. The van der Waals surface area contributed by atoms with Gasteiger partial charge in [-0.3, -0.25) is 9.59 Å². The number of nitrogens with one attached hydrogen (secondary N) is 2. The van der Waals surface area contributed by atoms with Gasteiger partial charge in [0.2, 0.25) is 5.91 Å². The van der Waals surface area contributed by atoms with Gasteiger partial charge in [0.05, 0.1) is 6.54 Å². The quantitative estimate of drug-likeness (QED) is 0.640. The van der Waals surface area contributed by atoms with E-state index in [9.17, 15) is 14.4 Å². The standard InChI is InChI=1S/C11H19N3O4/c1-8-2-4-14(5-3-8)11(18)13-6-9(15)12-7-10(16)17/h8H,2-7H2,1H3,(H,12,15)(H,13,18)(H,16,17). The highest BCUT2D eigenvalue weighted by atomic mass is 16.4. The summed E-state index contributed by atoms with van der Waals surface area (Å²) in [5.74, 6) is -0.983. The molecule has 1 saturated heterocycles. The number of aliphatic carboxylic acids is 1. The van der Waals surface area contributed by atoms with Gasteiger partial charge in [-0.2, -0.15) is 0 Å². The van der Waals surface area contributed by atoms with Crippen molar-refractivity contribution in [2.24, 2.45) is 5.92 Å². The lowest BCUT2D eigenvalue weighted by molar-refractivity contribution is -0.137. The van der Waals surface area contributed by atoms with Gasteiger partial charge in [-0.05, 0) is 18.8 Å². The van der Waals surface area contributed by atoms with Gasteiger partial charge in [0.15, 0.2) is 0 Å². The summed E-state index contributed by atoms with van der Waals surface area (Å²) in [6.45, 7) is 2.91. The van der Waals surface area contributed by atoms with Gasteiger partial charge in [-0.1, -0.05) is 6.92 Å². The number of rotatable bonds is 4. The summed E-state index contributed by atoms with van der Waals surface area (Å²) in [5.41, 5.74) is 0. The average Bonchev–Trinajstić information content (AvgIpc) is 2.34. The van der Waals surface area contributed by atoms with Crippen LogP contribution < -0.4 is 10.6 Å². The van der Waals surface area contributed by atoms with Crippen LogP contribution in [0.3, 0.4) is 0 Å². The molecule has 0 aromatic rings. The van der Waals surface area contributed by atoms with Gasteiger partial charge in [-0.25, -0.2) is 4.79 Å². The highest BCUT2D eigenvalue weighted by Gasteiger charge is 2.20. The van der Waals surface area contributed by atoms with Crippen molar-refractivity contribution in [3.8, 4) is 0 Å². The molecule has 0 aliphatic carbocycles. The molecule has 0 aromatic carbocycles. The third-order valence-electron chi connectivity index (χ3n) is 2.91. The van der Waals surface area contributed by atoms with E-state index in [1.807, 2.05) is 0 Å². The van der Waals surface area contributed by atoms with E-state index in [-0.39, 0.29) is 12.6 Å². The normalized spacial score (nSPS) is 16.2. The smallest absolute Gasteiger partial charge is 0.322 e. The van der Waals surface area contributed by atoms with E-state index in [4.69, 9.17) is 5.11 Å². The van der Waals surface area contributed by atoms with Gasteiger partial charge in [0.1, 0.15) is 6.54 Å². The summed E-state index contributed by atoms with van der Waals surface area (Å²) in [7, 11) is 0. The van der Waals surface area contributed by atoms with E-state index in [2.05, 4.69) is 17.6 Å². The number of carboxylic acids is 1. The Morgan fingerprint density at radius 1 is 1.17 bits per heavy atom. The average molecular weight is 257 g/mol. The summed E-state index contributed by atoms with van der Waals surface area (Å²) in [6.07, 6.45) is 1.94. The maximum atomic E-state index is 11.7. The van der Waals surface area contributed by atoms with Crippen molar-refractivity contribution in [3.05, 3.63) is 0 Å². The highest BCUT2D eigenvalue weighted by molar-refractivity contribution is 5.86. The molecule has 7 nitrogen and oxygen atoms in total. The molecule has 0 spiro atoms. The van der Waals surface area contributed by atoms with E-state index < -0.39 is 18.4 Å². The minimum absolute atomic E-state index is 0.196. The second kappa shape index (κ2) is 6.83. The highest BCUT2D eigenvalue weighted by Crippen LogP contribution is 2.15. The number of carboxylic acid groups (broad SMARTS) is 1. The molecular weight excluding hydrogens is 238 g/mol. The minimum atomic E-state index is -1.11. The maximum Gasteiger partial charge on any atom is 0.322 e. The van der Waals surface area contributed by atoms with Crippen molar-refractivity contribution >= 4 is 17.9 Å². The van der Waals surface area contributed by atoms with Crippen molar-refractivity contribution in [3.63, 3.8) is 0 Å². The van der Waals surface area contributed by atoms with Crippen LogP contribution in [-0.2, 0) is 9.59 Å². The van der Waals surface area contributed by atoms with Crippen molar-refractivity contribution in [2.75, 3.05) is 26.2 Å². The molecule has 0 bridgehead atoms. The third kappa shape index (κ3) is 5.03. The summed E-state index contributed by atoms with van der Waals surface area (Å²) in [4.78, 5) is 34.7. The second-order valence-electron chi connectivity index (χ2n) is 4.50. The van der Waals surface area contributed by atoms with Crippen LogP contribution in [0.1, 0.15) is 19.8 Å². The Kier molecular flexibility index (Phi) is 5.41. The monoisotopic (exact) mass is 257 g/mol. The number of hydrogen-bond donors (Lipinski definition) is 3. The molecule has 1 aliphatic heterocycles. The lowest BCUT2D eigenvalue weighted by Gasteiger charge is -2.30. The first-order chi connectivity index (χ1) is 8.49. The molecule has 102 valence electrons. The molecule has 0 aromatic heterocycles. The summed E-state index contributed by atoms with van der Waals surface area (Å²) in [6, 6.07) is -0.271. The Labute approximate surface area is 106 Å². The van der Waals surface area contributed by atoms with E-state index in [1.165, 1.54) is 0 Å². The molecular formula is C11H19N3O4. The predicted molar refractivity (Wildman–Crippen MR) is 64.0 cm³/mol. The second-order valence-corrected chi connectivity index (χ2v) is 4.50. The van der Waals surface area contributed by atoms with Gasteiger partial charge >= 0.3 is 12.0 Å².